The molecule has 8 heteroatoms. The first kappa shape index (κ1) is 21.6. The van der Waals surface area contributed by atoms with Gasteiger partial charge in [0.2, 0.25) is 5.91 Å². The van der Waals surface area contributed by atoms with Crippen LogP contribution in [0.1, 0.15) is 11.5 Å². The van der Waals surface area contributed by atoms with Crippen LogP contribution >= 0.6 is 23.5 Å². The molecule has 1 amide bonds. The van der Waals surface area contributed by atoms with Gasteiger partial charge in [-0.15, -0.1) is 0 Å². The Labute approximate surface area is 197 Å². The molecule has 0 fully saturated rings. The van der Waals surface area contributed by atoms with E-state index in [1.54, 1.807) is 11.9 Å². The zero-order chi connectivity index (χ0) is 22.1. The highest BCUT2D eigenvalue weighted by Crippen LogP contribution is 2.38. The lowest BCUT2D eigenvalue weighted by Crippen LogP contribution is -2.39. The number of likely N-dealkylation sites (N-methyl/N-ethyl adjacent to an activating group) is 1. The van der Waals surface area contributed by atoms with E-state index < -0.39 is 0 Å². The molecule has 0 saturated heterocycles. The fourth-order valence-electron chi connectivity index (χ4n) is 4.49. The van der Waals surface area contributed by atoms with Crippen LogP contribution in [0.15, 0.2) is 58.5 Å². The minimum atomic E-state index is -0.234. The maximum Gasteiger partial charge on any atom is 0.231 e. The van der Waals surface area contributed by atoms with Crippen molar-refractivity contribution in [1.82, 2.24) is 14.5 Å². The van der Waals surface area contributed by atoms with E-state index in [0.717, 1.165) is 35.0 Å². The molecule has 2 aromatic carbocycles. The van der Waals surface area contributed by atoms with Crippen molar-refractivity contribution in [2.45, 2.75) is 10.8 Å². The Morgan fingerprint density at radius 3 is 2.53 bits per heavy atom. The van der Waals surface area contributed by atoms with Gasteiger partial charge >= 0.3 is 0 Å². The maximum absolute atomic E-state index is 13.4. The van der Waals surface area contributed by atoms with E-state index in [1.807, 2.05) is 48.3 Å². The predicted octanol–water partition coefficient (Wildman–Crippen LogP) is 3.58. The number of ether oxygens (including phenoxy) is 2. The molecule has 168 valence electrons. The fourth-order valence-corrected chi connectivity index (χ4v) is 5.72. The number of nitrogens with zero attached hydrogens (tertiary/aromatic N) is 2. The molecule has 3 heterocycles. The van der Waals surface area contributed by atoms with Gasteiger partial charge in [0, 0.05) is 42.6 Å². The highest BCUT2D eigenvalue weighted by atomic mass is 35.5. The molecular formula is C24H26ClN3O3S. The minimum absolute atomic E-state index is 0.155. The Balaban J connectivity index is 1.20. The molecular weight excluding hydrogens is 446 g/mol. The van der Waals surface area contributed by atoms with Crippen molar-refractivity contribution in [3.63, 3.8) is 0 Å². The molecule has 0 aromatic heterocycles. The minimum Gasteiger partial charge on any atom is -0.486 e. The standard InChI is InChI=1S/C24H26ClN3O3S/c1-26-11-21(16-3-2-4-19(25)9-16)24(29)27-12-17-14-28(15-18(17)13-27)32-20-5-6-22-23(10-20)31-8-7-30-22/h2-6,9-10,21,26H,7-8,11-15H2,1H3. The van der Waals surface area contributed by atoms with Crippen LogP contribution in [0.3, 0.4) is 0 Å². The number of nitrogens with one attached hydrogen (secondary N) is 1. The van der Waals surface area contributed by atoms with E-state index >= 15 is 0 Å². The van der Waals surface area contributed by atoms with Gasteiger partial charge in [0.15, 0.2) is 11.5 Å². The van der Waals surface area contributed by atoms with Gasteiger partial charge in [0.1, 0.15) is 13.2 Å². The largest absolute Gasteiger partial charge is 0.486 e. The summed E-state index contributed by atoms with van der Waals surface area (Å²) in [5, 5.41) is 3.82. The molecule has 3 aliphatic rings. The average Bonchev–Trinajstić information content (AvgIpc) is 3.36. The number of benzene rings is 2. The quantitative estimate of drug-likeness (QED) is 0.513. The molecule has 2 aromatic rings. The maximum atomic E-state index is 13.4. The molecule has 1 unspecified atom stereocenters. The smallest absolute Gasteiger partial charge is 0.231 e. The van der Waals surface area contributed by atoms with Gasteiger partial charge in [-0.1, -0.05) is 23.7 Å². The summed E-state index contributed by atoms with van der Waals surface area (Å²) in [6.07, 6.45) is 0. The highest BCUT2D eigenvalue weighted by Gasteiger charge is 2.35. The lowest BCUT2D eigenvalue weighted by Gasteiger charge is -2.26. The van der Waals surface area contributed by atoms with Crippen LogP contribution in [0.5, 0.6) is 11.5 Å². The summed E-state index contributed by atoms with van der Waals surface area (Å²) < 4.78 is 13.7. The molecule has 0 radical (unpaired) electrons. The first-order valence-corrected chi connectivity index (χ1v) is 12.0. The summed E-state index contributed by atoms with van der Waals surface area (Å²) in [5.41, 5.74) is 3.68. The third-order valence-electron chi connectivity index (χ3n) is 6.02. The molecule has 32 heavy (non-hydrogen) atoms. The topological polar surface area (TPSA) is 54.0 Å². The molecule has 6 nitrogen and oxygen atoms in total. The first-order valence-electron chi connectivity index (χ1n) is 10.8. The zero-order valence-corrected chi connectivity index (χ0v) is 19.5. The predicted molar refractivity (Wildman–Crippen MR) is 127 cm³/mol. The number of amides is 1. The summed E-state index contributed by atoms with van der Waals surface area (Å²) in [4.78, 5) is 16.5. The van der Waals surface area contributed by atoms with Gasteiger partial charge in [-0.2, -0.15) is 0 Å². The molecule has 3 aliphatic heterocycles. The summed E-state index contributed by atoms with van der Waals surface area (Å²) >= 11 is 7.91. The van der Waals surface area contributed by atoms with Crippen molar-refractivity contribution in [1.29, 1.82) is 0 Å². The van der Waals surface area contributed by atoms with Crippen molar-refractivity contribution >= 4 is 29.5 Å². The van der Waals surface area contributed by atoms with Crippen molar-refractivity contribution in [2.75, 3.05) is 53.0 Å². The summed E-state index contributed by atoms with van der Waals surface area (Å²) in [7, 11) is 1.88. The second-order valence-corrected chi connectivity index (χ2v) is 9.87. The molecule has 0 saturated carbocycles. The van der Waals surface area contributed by atoms with E-state index in [0.29, 0.717) is 37.9 Å². The number of hydrogen-bond acceptors (Lipinski definition) is 6. The molecule has 0 aliphatic carbocycles. The van der Waals surface area contributed by atoms with Crippen molar-refractivity contribution in [3.8, 4) is 11.5 Å². The van der Waals surface area contributed by atoms with E-state index in [-0.39, 0.29) is 11.8 Å². The van der Waals surface area contributed by atoms with Gasteiger partial charge in [0.05, 0.1) is 5.92 Å². The summed E-state index contributed by atoms with van der Waals surface area (Å²) in [5.74, 6) is 1.55. The summed E-state index contributed by atoms with van der Waals surface area (Å²) in [6.45, 7) is 4.92. The Hall–Kier alpha value is -2.19. The molecule has 0 spiro atoms. The molecule has 5 rings (SSSR count). The highest BCUT2D eigenvalue weighted by molar-refractivity contribution is 7.97. The molecule has 1 N–H and O–H groups in total. The zero-order valence-electron chi connectivity index (χ0n) is 18.0. The van der Waals surface area contributed by atoms with Crippen molar-refractivity contribution in [2.24, 2.45) is 0 Å². The van der Waals surface area contributed by atoms with Crippen LogP contribution in [0.2, 0.25) is 5.02 Å². The van der Waals surface area contributed by atoms with Crippen LogP contribution in [0, 0.1) is 0 Å². The van der Waals surface area contributed by atoms with Gasteiger partial charge in [0.25, 0.3) is 0 Å². The second kappa shape index (κ2) is 9.35. The van der Waals surface area contributed by atoms with Gasteiger partial charge < -0.3 is 19.7 Å². The SMILES string of the molecule is CNCC(C(=O)N1CC2=C(CN(Sc3ccc4c(c3)OCCO4)C2)C1)c1cccc(Cl)c1. The Morgan fingerprint density at radius 2 is 1.81 bits per heavy atom. The fraction of sp³-hybridized carbons (Fsp3) is 0.375. The van der Waals surface area contributed by atoms with Gasteiger partial charge in [-0.05, 0) is 66.0 Å². The van der Waals surface area contributed by atoms with E-state index in [2.05, 4.69) is 15.7 Å². The van der Waals surface area contributed by atoms with Crippen LogP contribution in [-0.4, -0.2) is 68.1 Å². The van der Waals surface area contributed by atoms with Crippen LogP contribution in [0.25, 0.3) is 0 Å². The van der Waals surface area contributed by atoms with Crippen LogP contribution < -0.4 is 14.8 Å². The van der Waals surface area contributed by atoms with Crippen molar-refractivity contribution in [3.05, 3.63) is 64.2 Å². The number of rotatable bonds is 6. The Bertz CT molecular complexity index is 1040. The third kappa shape index (κ3) is 4.48. The molecule has 1 atom stereocenters. The van der Waals surface area contributed by atoms with Crippen molar-refractivity contribution < 1.29 is 14.3 Å². The number of halogens is 1. The Kier molecular flexibility index (Phi) is 6.33. The summed E-state index contributed by atoms with van der Waals surface area (Å²) in [6, 6.07) is 13.7. The van der Waals surface area contributed by atoms with Crippen LogP contribution in [-0.2, 0) is 4.79 Å². The average molecular weight is 472 g/mol. The van der Waals surface area contributed by atoms with E-state index in [4.69, 9.17) is 21.1 Å². The number of carbonyl (C=O) groups is 1. The number of fused-ring (bicyclic) bond motifs is 1. The molecule has 0 bridgehead atoms. The van der Waals surface area contributed by atoms with E-state index in [9.17, 15) is 4.79 Å². The second-order valence-electron chi connectivity index (χ2n) is 8.26. The normalized spacial score (nSPS) is 18.8. The van der Waals surface area contributed by atoms with Crippen LogP contribution in [0.4, 0.5) is 0 Å². The number of carbonyl (C=O) groups excluding carboxylic acids is 1. The third-order valence-corrected chi connectivity index (χ3v) is 7.23. The monoisotopic (exact) mass is 471 g/mol. The first-order chi connectivity index (χ1) is 15.6. The number of hydrogen-bond donors (Lipinski definition) is 1. The van der Waals surface area contributed by atoms with Gasteiger partial charge in [-0.3, -0.25) is 4.79 Å². The lowest BCUT2D eigenvalue weighted by molar-refractivity contribution is -0.131. The Morgan fingerprint density at radius 1 is 1.06 bits per heavy atom. The van der Waals surface area contributed by atoms with Gasteiger partial charge in [-0.25, -0.2) is 4.31 Å². The lowest BCUT2D eigenvalue weighted by atomic mass is 9.97. The van der Waals surface area contributed by atoms with E-state index in [1.165, 1.54) is 11.1 Å².